The summed E-state index contributed by atoms with van der Waals surface area (Å²) in [5, 5.41) is 10.9. The van der Waals surface area contributed by atoms with Crippen molar-refractivity contribution in [2.45, 2.75) is 90.0 Å². The molecule has 0 atom stereocenters. The van der Waals surface area contributed by atoms with Crippen LogP contribution in [0.15, 0.2) is 146 Å². The Labute approximate surface area is 434 Å². The number of fused-ring (bicyclic) bond motifs is 4. The summed E-state index contributed by atoms with van der Waals surface area (Å²) >= 11 is 12.4. The smallest absolute Gasteiger partial charge is 0.478 e. The van der Waals surface area contributed by atoms with E-state index in [1.165, 1.54) is 61.2 Å². The van der Waals surface area contributed by atoms with Gasteiger partial charge in [0.05, 0.1) is 5.56 Å². The highest BCUT2D eigenvalue weighted by Crippen LogP contribution is 2.36. The molecule has 0 saturated carbocycles. The Morgan fingerprint density at radius 3 is 1.69 bits per heavy atom. The number of hydrogen-bond donors (Lipinski definition) is 2. The zero-order valence-electron chi connectivity index (χ0n) is 41.2. The van der Waals surface area contributed by atoms with Crippen molar-refractivity contribution in [2.75, 3.05) is 20.6 Å². The van der Waals surface area contributed by atoms with Gasteiger partial charge in [-0.2, -0.15) is 21.6 Å². The Bertz CT molecular complexity index is 3010. The van der Waals surface area contributed by atoms with Gasteiger partial charge in [-0.25, -0.2) is 4.79 Å². The van der Waals surface area contributed by atoms with Gasteiger partial charge < -0.3 is 10.0 Å². The average Bonchev–Trinajstić information content (AvgIpc) is 3.60. The Morgan fingerprint density at radius 2 is 1.15 bits per heavy atom. The number of aromatic carboxylic acids is 1. The number of carboxylic acids is 1. The third-order valence-electron chi connectivity index (χ3n) is 12.0. The van der Waals surface area contributed by atoms with Crippen LogP contribution in [0, 0.1) is 11.8 Å². The van der Waals surface area contributed by atoms with E-state index in [-0.39, 0.29) is 0 Å². The van der Waals surface area contributed by atoms with Gasteiger partial charge in [-0.15, -0.1) is 0 Å². The van der Waals surface area contributed by atoms with Crippen molar-refractivity contribution in [1.29, 1.82) is 0 Å². The molecule has 0 aliphatic heterocycles. The fraction of sp³-hybridized carbons (Fsp3) is 0.283. The number of carboxylic acid groups (broad SMARTS) is 1. The molecule has 72 heavy (non-hydrogen) atoms. The topological polar surface area (TPSA) is 94.9 Å². The van der Waals surface area contributed by atoms with Gasteiger partial charge in [0.2, 0.25) is 0 Å². The largest absolute Gasteiger partial charge is 0.522 e. The second-order valence-corrected chi connectivity index (χ2v) is 20.0. The fourth-order valence-electron chi connectivity index (χ4n) is 8.31. The molecule has 0 aromatic heterocycles. The molecule has 6 aromatic rings. The zero-order valence-corrected chi connectivity index (χ0v) is 43.5. The molecular weight excluding hydrogens is 975 g/mol. The van der Waals surface area contributed by atoms with E-state index in [0.717, 1.165) is 98.3 Å². The molecule has 6 nitrogen and oxygen atoms in total. The maximum Gasteiger partial charge on any atom is 0.522 e. The lowest BCUT2D eigenvalue weighted by atomic mass is 9.92. The molecule has 0 amide bonds. The van der Waals surface area contributed by atoms with Gasteiger partial charge in [-0.05, 0) is 175 Å². The van der Waals surface area contributed by atoms with Crippen LogP contribution >= 0.6 is 23.2 Å². The van der Waals surface area contributed by atoms with Crippen LogP contribution in [0.5, 0.6) is 0 Å². The quantitative estimate of drug-likeness (QED) is 0.0806. The molecular formula is C60H62Cl2F3NO5S. The van der Waals surface area contributed by atoms with Crippen molar-refractivity contribution in [3.8, 4) is 11.8 Å². The minimum absolute atomic E-state index is 0.362. The summed E-state index contributed by atoms with van der Waals surface area (Å²) in [6.07, 6.45) is 15.9. The third kappa shape index (κ3) is 17.1. The number of halogens is 5. The molecule has 0 fully saturated rings. The Hall–Kier alpha value is -5.93. The van der Waals surface area contributed by atoms with Crippen LogP contribution in [0.4, 0.5) is 13.2 Å². The number of allylic oxidation sites excluding steroid dienone is 1. The van der Waals surface area contributed by atoms with Gasteiger partial charge >= 0.3 is 21.6 Å². The van der Waals surface area contributed by atoms with Crippen LogP contribution in [-0.4, -0.2) is 55.1 Å². The van der Waals surface area contributed by atoms with Crippen molar-refractivity contribution >= 4 is 50.4 Å². The zero-order chi connectivity index (χ0) is 52.3. The number of alkyl halides is 3. The van der Waals surface area contributed by atoms with Gasteiger partial charge in [-0.3, -0.25) is 4.55 Å². The molecule has 0 saturated heterocycles. The number of aryl methyl sites for hydroxylation is 6. The number of rotatable bonds is 10. The molecule has 6 aromatic carbocycles. The molecule has 0 radical (unpaired) electrons. The van der Waals surface area contributed by atoms with Crippen molar-refractivity contribution < 1.29 is 36.0 Å². The normalized spacial score (nSPS) is 13.7. The Morgan fingerprint density at radius 1 is 0.653 bits per heavy atom. The van der Waals surface area contributed by atoms with Crippen LogP contribution in [0.3, 0.4) is 0 Å². The van der Waals surface area contributed by atoms with Crippen LogP contribution in [0.1, 0.15) is 118 Å². The predicted octanol–water partition coefficient (Wildman–Crippen LogP) is 15.2. The second-order valence-electron chi connectivity index (χ2n) is 17.7. The van der Waals surface area contributed by atoms with Gasteiger partial charge in [0.1, 0.15) is 0 Å². The van der Waals surface area contributed by atoms with Crippen LogP contribution in [0.2, 0.25) is 10.0 Å². The number of unbranched alkanes of at least 4 members (excludes halogenated alkanes) is 2. The maximum atomic E-state index is 11.3. The fourth-order valence-corrected chi connectivity index (χ4v) is 8.66. The van der Waals surface area contributed by atoms with Crippen molar-refractivity contribution in [3.63, 3.8) is 0 Å². The molecule has 0 spiro atoms. The van der Waals surface area contributed by atoms with Crippen molar-refractivity contribution in [2.24, 2.45) is 0 Å². The Balaban J connectivity index is 0.000000187. The van der Waals surface area contributed by atoms with Gasteiger partial charge in [0, 0.05) is 28.6 Å². The Kier molecular flexibility index (Phi) is 22.0. The molecule has 12 heteroatoms. The van der Waals surface area contributed by atoms with Crippen molar-refractivity contribution in [1.82, 2.24) is 4.90 Å². The summed E-state index contributed by atoms with van der Waals surface area (Å²) in [6.45, 7) is 5.36. The molecule has 2 N–H and O–H groups in total. The summed E-state index contributed by atoms with van der Waals surface area (Å²) in [6, 6.07) is 45.7. The molecule has 2 aliphatic rings. The first kappa shape index (κ1) is 57.0. The molecule has 378 valence electrons. The molecule has 0 bridgehead atoms. The first-order chi connectivity index (χ1) is 34.4. The highest BCUT2D eigenvalue weighted by Gasteiger charge is 2.44. The summed E-state index contributed by atoms with van der Waals surface area (Å²) < 4.78 is 57.5. The van der Waals surface area contributed by atoms with E-state index >= 15 is 0 Å². The van der Waals surface area contributed by atoms with E-state index < -0.39 is 21.6 Å². The molecule has 8 rings (SSSR count). The van der Waals surface area contributed by atoms with Crippen LogP contribution in [0.25, 0.3) is 11.1 Å². The highest BCUT2D eigenvalue weighted by molar-refractivity contribution is 7.86. The van der Waals surface area contributed by atoms with E-state index in [1.807, 2.05) is 36.4 Å². The number of carbonyl (C=O) groups is 1. The standard InChI is InChI=1S/C20H22ClN.C20H20O2.C19H19Cl.CHF3O3S/c1-22(2)13-5-8-19-18-7-4-3-6-15(18)9-10-16-11-12-17(21)14-20(16)19;1-2-3-7-18-17-8-5-4-6-14(17)9-10-15-11-12-16(20(21)22)13-19(15)18;1-2-3-5-10-18-15-19(20)14-13-17(18)12-11-16-8-6-4-7-9-16;2-1(3,4)8(5,6)7/h3-4,6-8,11-12,14H,5,9-10,13H2,1-2H3;4-8,11-13H,2-3,9-10H2,1H3,(H,21,22);4,6-9,13-15H,2-3,11-12H2,1H3;(H,5,6,7). The minimum atomic E-state index is -5.84. The summed E-state index contributed by atoms with van der Waals surface area (Å²) in [4.78, 5) is 13.5. The monoisotopic (exact) mass is 1040 g/mol. The summed E-state index contributed by atoms with van der Waals surface area (Å²) in [7, 11) is -1.61. The first-order valence-corrected chi connectivity index (χ1v) is 26.3. The first-order valence-electron chi connectivity index (χ1n) is 24.1. The molecule has 2 aliphatic carbocycles. The van der Waals surface area contributed by atoms with E-state index in [9.17, 15) is 23.1 Å². The van der Waals surface area contributed by atoms with Crippen LogP contribution < -0.4 is 0 Å². The van der Waals surface area contributed by atoms with Crippen molar-refractivity contribution in [3.05, 3.63) is 222 Å². The maximum absolute atomic E-state index is 11.3. The van der Waals surface area contributed by atoms with E-state index in [4.69, 9.17) is 36.2 Å². The van der Waals surface area contributed by atoms with E-state index in [0.29, 0.717) is 5.56 Å². The lowest BCUT2D eigenvalue weighted by molar-refractivity contribution is -0.0510. The molecule has 0 heterocycles. The minimum Gasteiger partial charge on any atom is -0.478 e. The van der Waals surface area contributed by atoms with E-state index in [2.05, 4.69) is 148 Å². The van der Waals surface area contributed by atoms with Gasteiger partial charge in [-0.1, -0.05) is 165 Å². The summed E-state index contributed by atoms with van der Waals surface area (Å²) in [5.41, 5.74) is 11.5. The number of nitrogens with zero attached hydrogens (tertiary/aromatic N) is 1. The summed E-state index contributed by atoms with van der Waals surface area (Å²) in [5.74, 6) is 5.60. The van der Waals surface area contributed by atoms with Crippen LogP contribution in [-0.2, 0) is 48.6 Å². The second kappa shape index (κ2) is 27.8. The predicted molar refractivity (Wildman–Crippen MR) is 289 cm³/mol. The highest BCUT2D eigenvalue weighted by atomic mass is 35.5. The van der Waals surface area contributed by atoms with Gasteiger partial charge in [0.25, 0.3) is 0 Å². The number of hydrogen-bond acceptors (Lipinski definition) is 4. The van der Waals surface area contributed by atoms with Gasteiger partial charge in [0.15, 0.2) is 0 Å². The third-order valence-corrected chi connectivity index (χ3v) is 13.1. The molecule has 0 unspecified atom stereocenters. The SMILES string of the molecule is CCCC#Cc1cc(Cl)ccc1CCc1ccccc1.CCCC=C1c2ccccc2CCc2ccc(C(=O)O)cc21.CN(C)CCC=C1c2ccccc2CCc2ccc(Cl)cc21.O=S(=O)(O)C(F)(F)F. The number of benzene rings is 6. The lowest BCUT2D eigenvalue weighted by Crippen LogP contribution is -2.21. The lowest BCUT2D eigenvalue weighted by Gasteiger charge is -2.13. The average molecular weight is 1040 g/mol. The van der Waals surface area contributed by atoms with E-state index in [1.54, 1.807) is 6.07 Å².